The van der Waals surface area contributed by atoms with Crippen LogP contribution in [0, 0.1) is 11.8 Å². The third-order valence-corrected chi connectivity index (χ3v) is 6.22. The number of hydrogen-bond donors (Lipinski definition) is 4. The molecule has 3 aliphatic carbocycles. The fraction of sp³-hybridized carbons (Fsp3) is 0.167. The van der Waals surface area contributed by atoms with Gasteiger partial charge in [-0.3, -0.25) is 0 Å². The molecule has 0 spiro atoms. The Labute approximate surface area is 181 Å². The maximum atomic E-state index is 12.2. The van der Waals surface area contributed by atoms with Gasteiger partial charge in [-0.05, 0) is 11.1 Å². The molecule has 0 radical (unpaired) electrons. The first-order valence-electron chi connectivity index (χ1n) is 9.76. The van der Waals surface area contributed by atoms with Crippen LogP contribution >= 0.6 is 0 Å². The number of carboxylic acid groups (broad SMARTS) is 4. The van der Waals surface area contributed by atoms with Gasteiger partial charge < -0.3 is 20.4 Å². The number of carbonyl (C=O) groups is 4. The second kappa shape index (κ2) is 7.81. The molecule has 2 atom stereocenters. The Kier molecular flexibility index (Phi) is 5.14. The molecule has 0 amide bonds. The van der Waals surface area contributed by atoms with E-state index >= 15 is 0 Å². The van der Waals surface area contributed by atoms with E-state index in [4.69, 9.17) is 0 Å². The van der Waals surface area contributed by atoms with Crippen molar-refractivity contribution in [3.05, 3.63) is 94.1 Å². The Hall–Kier alpha value is -4.20. The van der Waals surface area contributed by atoms with Gasteiger partial charge in [0.2, 0.25) is 0 Å². The Morgan fingerprint density at radius 1 is 0.469 bits per heavy atom. The molecule has 0 aliphatic heterocycles. The molecule has 2 aromatic carbocycles. The first-order valence-corrected chi connectivity index (χ1v) is 9.76. The minimum atomic E-state index is -1.58. The fourth-order valence-corrected chi connectivity index (χ4v) is 5.23. The minimum absolute atomic E-state index is 0.578. The molecule has 32 heavy (non-hydrogen) atoms. The first-order chi connectivity index (χ1) is 15.3. The van der Waals surface area contributed by atoms with Crippen molar-refractivity contribution < 1.29 is 39.6 Å². The SMILES string of the molecule is O=C(O)C1=C(C(=O)O)C2C(C(=O)O)=C(C(=O)O)C1C(c1ccccc1)C2c1ccccc1. The molecule has 0 fully saturated rings. The Morgan fingerprint density at radius 3 is 0.938 bits per heavy atom. The zero-order chi connectivity index (χ0) is 23.2. The van der Waals surface area contributed by atoms with Crippen LogP contribution in [-0.2, 0) is 19.2 Å². The van der Waals surface area contributed by atoms with Crippen molar-refractivity contribution in [1.29, 1.82) is 0 Å². The molecule has 0 heterocycles. The van der Waals surface area contributed by atoms with E-state index in [2.05, 4.69) is 0 Å². The predicted octanol–water partition coefficient (Wildman–Crippen LogP) is 2.75. The predicted molar refractivity (Wildman–Crippen MR) is 110 cm³/mol. The zero-order valence-electron chi connectivity index (χ0n) is 16.5. The molecule has 3 aliphatic rings. The number of benzene rings is 2. The number of hydrogen-bond acceptors (Lipinski definition) is 4. The van der Waals surface area contributed by atoms with Gasteiger partial charge in [-0.25, -0.2) is 19.2 Å². The molecule has 4 N–H and O–H groups in total. The fourth-order valence-electron chi connectivity index (χ4n) is 5.23. The van der Waals surface area contributed by atoms with Crippen LogP contribution in [0.4, 0.5) is 0 Å². The van der Waals surface area contributed by atoms with Crippen LogP contribution in [0.2, 0.25) is 0 Å². The summed E-state index contributed by atoms with van der Waals surface area (Å²) in [5.74, 6) is -10.8. The second-order valence-electron chi connectivity index (χ2n) is 7.70. The lowest BCUT2D eigenvalue weighted by Gasteiger charge is -2.49. The lowest BCUT2D eigenvalue weighted by Crippen LogP contribution is -2.48. The maximum absolute atomic E-state index is 12.2. The third-order valence-electron chi connectivity index (χ3n) is 6.22. The first kappa shape index (κ1) is 21.0. The van der Waals surface area contributed by atoms with Crippen LogP contribution in [0.25, 0.3) is 0 Å². The van der Waals surface area contributed by atoms with Crippen molar-refractivity contribution in [2.75, 3.05) is 0 Å². The van der Waals surface area contributed by atoms with Gasteiger partial charge in [0.15, 0.2) is 0 Å². The summed E-state index contributed by atoms with van der Waals surface area (Å²) in [6.07, 6.45) is 0. The highest BCUT2D eigenvalue weighted by Gasteiger charge is 2.59. The molecular weight excluding hydrogens is 416 g/mol. The van der Waals surface area contributed by atoms with E-state index in [1.807, 2.05) is 0 Å². The standard InChI is InChI=1S/C24H18O8/c25-21(26)17-15-13(11-7-3-1-4-8-11)14(12-9-5-2-6-10-12)16(19(17)23(29)30)20(24(31)32)18(15)22(27)28/h1-10,13-16H,(H,25,26)(H,27,28)(H,29,30)(H,31,32). The van der Waals surface area contributed by atoms with Crippen molar-refractivity contribution in [1.82, 2.24) is 0 Å². The van der Waals surface area contributed by atoms with Gasteiger partial charge in [0.05, 0.1) is 22.3 Å². The number of fused-ring (bicyclic) bond motifs is 1. The van der Waals surface area contributed by atoms with Gasteiger partial charge in [0, 0.05) is 23.7 Å². The molecule has 0 aromatic heterocycles. The molecule has 0 saturated heterocycles. The van der Waals surface area contributed by atoms with Crippen LogP contribution in [0.3, 0.4) is 0 Å². The largest absolute Gasteiger partial charge is 0.478 e. The number of carboxylic acids is 4. The highest BCUT2D eigenvalue weighted by Crippen LogP contribution is 2.61. The summed E-state index contributed by atoms with van der Waals surface area (Å²) in [4.78, 5) is 49.0. The summed E-state index contributed by atoms with van der Waals surface area (Å²) < 4.78 is 0. The molecular formula is C24H18O8. The molecule has 2 unspecified atom stereocenters. The average molecular weight is 434 g/mol. The second-order valence-corrected chi connectivity index (χ2v) is 7.70. The molecule has 2 bridgehead atoms. The van der Waals surface area contributed by atoms with Gasteiger partial charge >= 0.3 is 23.9 Å². The van der Waals surface area contributed by atoms with Crippen LogP contribution < -0.4 is 0 Å². The summed E-state index contributed by atoms with van der Waals surface area (Å²) in [5, 5.41) is 39.8. The van der Waals surface area contributed by atoms with Gasteiger partial charge in [-0.1, -0.05) is 60.7 Å². The van der Waals surface area contributed by atoms with E-state index < -0.39 is 69.8 Å². The highest BCUT2D eigenvalue weighted by atomic mass is 16.4. The molecule has 8 heteroatoms. The van der Waals surface area contributed by atoms with Gasteiger partial charge in [-0.2, -0.15) is 0 Å². The summed E-state index contributed by atoms with van der Waals surface area (Å²) in [5.41, 5.74) is -1.11. The lowest BCUT2D eigenvalue weighted by atomic mass is 9.51. The normalized spacial score (nSPS) is 24.4. The number of aliphatic carboxylic acids is 4. The van der Waals surface area contributed by atoms with Gasteiger partial charge in [0.1, 0.15) is 0 Å². The van der Waals surface area contributed by atoms with E-state index in [0.29, 0.717) is 11.1 Å². The van der Waals surface area contributed by atoms with E-state index in [9.17, 15) is 39.6 Å². The topological polar surface area (TPSA) is 149 Å². The maximum Gasteiger partial charge on any atom is 0.332 e. The molecule has 2 aromatic rings. The zero-order valence-corrected chi connectivity index (χ0v) is 16.5. The van der Waals surface area contributed by atoms with Crippen LogP contribution in [0.1, 0.15) is 23.0 Å². The van der Waals surface area contributed by atoms with Crippen LogP contribution in [0.5, 0.6) is 0 Å². The monoisotopic (exact) mass is 434 g/mol. The average Bonchev–Trinajstić information content (AvgIpc) is 2.77. The molecule has 8 nitrogen and oxygen atoms in total. The van der Waals surface area contributed by atoms with Crippen molar-refractivity contribution >= 4 is 23.9 Å². The van der Waals surface area contributed by atoms with E-state index in [-0.39, 0.29) is 0 Å². The van der Waals surface area contributed by atoms with Gasteiger partial charge in [0.25, 0.3) is 0 Å². The van der Waals surface area contributed by atoms with Crippen LogP contribution in [0.15, 0.2) is 83.0 Å². The van der Waals surface area contributed by atoms with E-state index in [1.54, 1.807) is 60.7 Å². The van der Waals surface area contributed by atoms with Crippen molar-refractivity contribution in [3.63, 3.8) is 0 Å². The lowest BCUT2D eigenvalue weighted by molar-refractivity contribution is -0.140. The van der Waals surface area contributed by atoms with Crippen molar-refractivity contribution in [2.24, 2.45) is 11.8 Å². The molecule has 5 rings (SSSR count). The summed E-state index contributed by atoms with van der Waals surface area (Å²) in [6.45, 7) is 0. The Bertz CT molecular complexity index is 1050. The Morgan fingerprint density at radius 2 is 0.719 bits per heavy atom. The van der Waals surface area contributed by atoms with Crippen LogP contribution in [-0.4, -0.2) is 44.3 Å². The van der Waals surface area contributed by atoms with Crippen molar-refractivity contribution in [2.45, 2.75) is 11.8 Å². The smallest absolute Gasteiger partial charge is 0.332 e. The summed E-state index contributed by atoms with van der Waals surface area (Å²) in [7, 11) is 0. The molecule has 0 saturated carbocycles. The van der Waals surface area contributed by atoms with E-state index in [0.717, 1.165) is 0 Å². The minimum Gasteiger partial charge on any atom is -0.478 e. The van der Waals surface area contributed by atoms with Crippen molar-refractivity contribution in [3.8, 4) is 0 Å². The summed E-state index contributed by atoms with van der Waals surface area (Å²) >= 11 is 0. The number of rotatable bonds is 6. The third kappa shape index (κ3) is 3.08. The van der Waals surface area contributed by atoms with Gasteiger partial charge in [-0.15, -0.1) is 0 Å². The molecule has 162 valence electrons. The van der Waals surface area contributed by atoms with E-state index in [1.165, 1.54) is 0 Å². The quantitative estimate of drug-likeness (QED) is 0.542. The summed E-state index contributed by atoms with van der Waals surface area (Å²) in [6, 6.07) is 17.2. The highest BCUT2D eigenvalue weighted by molar-refractivity contribution is 6.10. The Balaban J connectivity index is 2.16.